The van der Waals surface area contributed by atoms with E-state index in [1.807, 2.05) is 0 Å². The third-order valence-electron chi connectivity index (χ3n) is 0.918. The van der Waals surface area contributed by atoms with E-state index in [9.17, 15) is 13.2 Å². The minimum atomic E-state index is -2.07. The maximum atomic E-state index is 11.8. The third kappa shape index (κ3) is 0.664. The first-order chi connectivity index (χ1) is 3.72. The lowest BCUT2D eigenvalue weighted by molar-refractivity contribution is 0.152. The Balaban J connectivity index is 2.60. The Bertz CT molecular complexity index is 129. The van der Waals surface area contributed by atoms with Gasteiger partial charge in [-0.2, -0.15) is 0 Å². The Morgan fingerprint density at radius 2 is 1.25 bits per heavy atom. The van der Waals surface area contributed by atoms with Crippen molar-refractivity contribution in [1.29, 1.82) is 0 Å². The molecule has 0 bridgehead atoms. The Labute approximate surface area is 44.7 Å². The van der Waals surface area contributed by atoms with Crippen LogP contribution < -0.4 is 0 Å². The largest absolute Gasteiger partial charge is 0.239 e. The van der Waals surface area contributed by atoms with Crippen molar-refractivity contribution >= 4 is 0 Å². The first-order valence-corrected chi connectivity index (χ1v) is 2.15. The van der Waals surface area contributed by atoms with Crippen LogP contribution in [0.3, 0.4) is 0 Å². The zero-order valence-electron chi connectivity index (χ0n) is 3.87. The molecule has 1 aliphatic carbocycles. The Hall–Kier alpha value is -0.650. The van der Waals surface area contributed by atoms with Crippen LogP contribution in [-0.2, 0) is 0 Å². The molecule has 0 aromatic heterocycles. The average molecular weight is 120 g/mol. The fourth-order valence-corrected chi connectivity index (χ4v) is 0.467. The molecular weight excluding hydrogens is 117 g/mol. The van der Waals surface area contributed by atoms with E-state index in [4.69, 9.17) is 0 Å². The minimum absolute atomic E-state index is 1.75. The minimum Gasteiger partial charge on any atom is -0.239 e. The number of hydrogen-bond acceptors (Lipinski definition) is 0. The summed E-state index contributed by atoms with van der Waals surface area (Å²) in [5, 5.41) is 0. The fraction of sp³-hybridized carbons (Fsp3) is 0.600. The number of rotatable bonds is 0. The van der Waals surface area contributed by atoms with Crippen molar-refractivity contribution in [1.82, 2.24) is 0 Å². The summed E-state index contributed by atoms with van der Waals surface area (Å²) in [6.07, 6.45) is -5.90. The summed E-state index contributed by atoms with van der Waals surface area (Å²) >= 11 is 0. The molecule has 0 saturated heterocycles. The van der Waals surface area contributed by atoms with Crippen LogP contribution in [0.1, 0.15) is 0 Å². The molecule has 0 saturated carbocycles. The van der Waals surface area contributed by atoms with E-state index in [-0.39, 0.29) is 0 Å². The second-order valence-electron chi connectivity index (χ2n) is 1.54. The highest BCUT2D eigenvalue weighted by Crippen LogP contribution is 2.15. The quantitative estimate of drug-likeness (QED) is 0.418. The molecule has 0 aromatic rings. The second-order valence-corrected chi connectivity index (χ2v) is 1.54. The molecule has 44 valence electrons. The van der Waals surface area contributed by atoms with E-state index >= 15 is 0 Å². The highest BCUT2D eigenvalue weighted by molar-refractivity contribution is 5.21. The molecular formula is C5H3F3. The summed E-state index contributed by atoms with van der Waals surface area (Å²) in [5.41, 5.74) is 0. The van der Waals surface area contributed by atoms with Gasteiger partial charge < -0.3 is 0 Å². The average Bonchev–Trinajstić information content (AvgIpc) is 1.98. The van der Waals surface area contributed by atoms with E-state index in [1.54, 1.807) is 11.8 Å². The van der Waals surface area contributed by atoms with Crippen LogP contribution in [0.4, 0.5) is 13.2 Å². The summed E-state index contributed by atoms with van der Waals surface area (Å²) < 4.78 is 35.4. The molecule has 0 nitrogen and oxygen atoms in total. The summed E-state index contributed by atoms with van der Waals surface area (Å²) in [6.45, 7) is 0. The summed E-state index contributed by atoms with van der Waals surface area (Å²) in [4.78, 5) is 0. The highest BCUT2D eigenvalue weighted by atomic mass is 19.2. The SMILES string of the molecule is FC1C#CC(F)C1F. The molecule has 1 aliphatic rings. The van der Waals surface area contributed by atoms with Gasteiger partial charge in [-0.3, -0.25) is 0 Å². The van der Waals surface area contributed by atoms with Gasteiger partial charge in [0.1, 0.15) is 0 Å². The van der Waals surface area contributed by atoms with Gasteiger partial charge in [-0.25, -0.2) is 13.2 Å². The van der Waals surface area contributed by atoms with Crippen molar-refractivity contribution in [2.75, 3.05) is 0 Å². The zero-order valence-corrected chi connectivity index (χ0v) is 3.87. The molecule has 0 N–H and O–H groups in total. The van der Waals surface area contributed by atoms with Gasteiger partial charge in [-0.15, -0.1) is 0 Å². The summed E-state index contributed by atoms with van der Waals surface area (Å²) in [6, 6.07) is 0. The summed E-state index contributed by atoms with van der Waals surface area (Å²) in [5.74, 6) is 3.50. The lowest BCUT2D eigenvalue weighted by atomic mass is 10.3. The van der Waals surface area contributed by atoms with E-state index in [0.717, 1.165) is 0 Å². The molecule has 0 spiro atoms. The first kappa shape index (κ1) is 5.49. The number of halogens is 3. The maximum Gasteiger partial charge on any atom is 0.195 e. The van der Waals surface area contributed by atoms with Crippen LogP contribution in [0.2, 0.25) is 0 Å². The second kappa shape index (κ2) is 1.70. The Morgan fingerprint density at radius 3 is 1.38 bits per heavy atom. The van der Waals surface area contributed by atoms with Crippen molar-refractivity contribution < 1.29 is 13.2 Å². The van der Waals surface area contributed by atoms with Gasteiger partial charge in [0.2, 0.25) is 0 Å². The van der Waals surface area contributed by atoms with E-state index in [0.29, 0.717) is 0 Å². The molecule has 0 radical (unpaired) electrons. The van der Waals surface area contributed by atoms with Crippen LogP contribution in [-0.4, -0.2) is 18.5 Å². The van der Waals surface area contributed by atoms with Crippen LogP contribution in [0.25, 0.3) is 0 Å². The summed E-state index contributed by atoms with van der Waals surface area (Å²) in [7, 11) is 0. The maximum absolute atomic E-state index is 11.8. The van der Waals surface area contributed by atoms with E-state index in [1.165, 1.54) is 0 Å². The Kier molecular flexibility index (Phi) is 1.16. The first-order valence-electron chi connectivity index (χ1n) is 2.15. The molecule has 0 fully saturated rings. The zero-order chi connectivity index (χ0) is 6.15. The lowest BCUT2D eigenvalue weighted by Gasteiger charge is -2.00. The van der Waals surface area contributed by atoms with Gasteiger partial charge in [-0.1, -0.05) is 11.8 Å². The van der Waals surface area contributed by atoms with Crippen molar-refractivity contribution in [3.8, 4) is 11.8 Å². The standard InChI is InChI=1S/C5H3F3/c6-3-1-2-4(7)5(3)8/h3-5H. The third-order valence-corrected chi connectivity index (χ3v) is 0.918. The van der Waals surface area contributed by atoms with Crippen molar-refractivity contribution in [2.24, 2.45) is 0 Å². The monoisotopic (exact) mass is 120 g/mol. The predicted octanol–water partition coefficient (Wildman–Crippen LogP) is 1.02. The highest BCUT2D eigenvalue weighted by Gasteiger charge is 2.31. The van der Waals surface area contributed by atoms with Gasteiger partial charge in [0.15, 0.2) is 18.5 Å². The van der Waals surface area contributed by atoms with E-state index < -0.39 is 18.5 Å². The van der Waals surface area contributed by atoms with Crippen molar-refractivity contribution in [3.05, 3.63) is 0 Å². The molecule has 8 heavy (non-hydrogen) atoms. The van der Waals surface area contributed by atoms with Gasteiger partial charge in [0.05, 0.1) is 0 Å². The van der Waals surface area contributed by atoms with Gasteiger partial charge >= 0.3 is 0 Å². The fourth-order valence-electron chi connectivity index (χ4n) is 0.467. The molecule has 0 aliphatic heterocycles. The molecule has 0 heterocycles. The van der Waals surface area contributed by atoms with Crippen LogP contribution in [0.5, 0.6) is 0 Å². The molecule has 3 heteroatoms. The molecule has 0 amide bonds. The van der Waals surface area contributed by atoms with Crippen LogP contribution in [0, 0.1) is 11.8 Å². The van der Waals surface area contributed by atoms with Crippen molar-refractivity contribution in [2.45, 2.75) is 18.5 Å². The topological polar surface area (TPSA) is 0 Å². The van der Waals surface area contributed by atoms with Crippen LogP contribution in [0.15, 0.2) is 0 Å². The van der Waals surface area contributed by atoms with Crippen molar-refractivity contribution in [3.63, 3.8) is 0 Å². The molecule has 2 atom stereocenters. The van der Waals surface area contributed by atoms with Gasteiger partial charge in [-0.05, 0) is 0 Å². The van der Waals surface area contributed by atoms with Crippen LogP contribution >= 0.6 is 0 Å². The smallest absolute Gasteiger partial charge is 0.195 e. The molecule has 2 unspecified atom stereocenters. The van der Waals surface area contributed by atoms with Gasteiger partial charge in [0, 0.05) is 0 Å². The number of hydrogen-bond donors (Lipinski definition) is 0. The lowest BCUT2D eigenvalue weighted by Crippen LogP contribution is -2.19. The molecule has 1 rings (SSSR count). The number of alkyl halides is 3. The van der Waals surface area contributed by atoms with Gasteiger partial charge in [0.25, 0.3) is 0 Å². The normalized spacial score (nSPS) is 43.6. The predicted molar refractivity (Wildman–Crippen MR) is 22.5 cm³/mol. The van der Waals surface area contributed by atoms with E-state index in [2.05, 4.69) is 0 Å². The Morgan fingerprint density at radius 1 is 0.875 bits per heavy atom. The molecule has 0 aromatic carbocycles.